The molecule has 0 unspecified atom stereocenters. The number of benzene rings is 3. The van der Waals surface area contributed by atoms with E-state index in [1.54, 1.807) is 17.0 Å². The van der Waals surface area contributed by atoms with Crippen molar-refractivity contribution in [1.82, 2.24) is 10.6 Å². The molecule has 1 spiro atoms. The number of urea groups is 1. The first kappa shape index (κ1) is 36.3. The molecule has 0 saturated carbocycles. The normalized spacial score (nSPS) is 23.4. The summed E-state index contributed by atoms with van der Waals surface area (Å²) in [5, 5.41) is 6.30. The van der Waals surface area contributed by atoms with Gasteiger partial charge in [0.1, 0.15) is 5.82 Å². The molecule has 3 amide bonds. The number of ether oxygens (including phenoxy) is 1. The molecule has 54 heavy (non-hydrogen) atoms. The van der Waals surface area contributed by atoms with Crippen molar-refractivity contribution in [1.29, 1.82) is 0 Å². The lowest BCUT2D eigenvalue weighted by molar-refractivity contribution is -0.114. The molecule has 3 aromatic rings. The van der Waals surface area contributed by atoms with E-state index in [0.29, 0.717) is 68.9 Å². The maximum absolute atomic E-state index is 14.8. The lowest BCUT2D eigenvalue weighted by Crippen LogP contribution is -2.49. The topological polar surface area (TPSA) is 77.2 Å². The summed E-state index contributed by atoms with van der Waals surface area (Å²) in [4.78, 5) is 31.9. The lowest BCUT2D eigenvalue weighted by Gasteiger charge is -2.43. The molecule has 286 valence electrons. The Balaban J connectivity index is 0.987. The van der Waals surface area contributed by atoms with E-state index in [9.17, 15) is 31.5 Å². The van der Waals surface area contributed by atoms with Crippen molar-refractivity contribution in [2.24, 2.45) is 5.92 Å². The van der Waals surface area contributed by atoms with Crippen LogP contribution in [0.1, 0.15) is 61.3 Å². The Labute approximate surface area is 311 Å². The molecule has 3 aromatic carbocycles. The Hall–Kier alpha value is -4.65. The summed E-state index contributed by atoms with van der Waals surface area (Å²) in [5.41, 5.74) is 3.97. The number of hydrogen-bond acceptors (Lipinski definition) is 5. The number of carbonyl (C=O) groups is 2. The summed E-state index contributed by atoms with van der Waals surface area (Å²) in [5.74, 6) is -5.31. The number of anilines is 3. The third-order valence-electron chi connectivity index (χ3n) is 12.3. The Morgan fingerprint density at radius 3 is 2.46 bits per heavy atom. The number of amides is 3. The maximum Gasteiger partial charge on any atom is 0.315 e. The standard InChI is InChI=1S/C41H44F5N5O3/c1-2-38(52)50-23-29-21-41(45,46)24-51(29)37-20-28(5-8-36(37)50)49-13-11-40(12-14-49)22-35(30-6-4-27(42)19-31(30)40)48-39(53)47-34(26-9-15-54-16-10-26)18-25-3-7-32(43)33(44)17-25/h2-8,17,19-20,26,29,34-35H,1,9-16,18,21-24H2,(H2,47,48,53)/t29-,34+,35+/m0/s1. The van der Waals surface area contributed by atoms with Gasteiger partial charge in [-0.2, -0.15) is 0 Å². The van der Waals surface area contributed by atoms with Crippen LogP contribution in [0.4, 0.5) is 43.8 Å². The highest BCUT2D eigenvalue weighted by Crippen LogP contribution is 2.52. The molecular formula is C41H44F5N5O3. The average Bonchev–Trinajstić information content (AvgIpc) is 3.64. The van der Waals surface area contributed by atoms with E-state index in [0.717, 1.165) is 35.7 Å². The van der Waals surface area contributed by atoms with Crippen LogP contribution >= 0.6 is 0 Å². The van der Waals surface area contributed by atoms with Crippen LogP contribution in [0.3, 0.4) is 0 Å². The maximum atomic E-state index is 14.8. The zero-order valence-corrected chi connectivity index (χ0v) is 29.9. The molecule has 3 saturated heterocycles. The van der Waals surface area contributed by atoms with E-state index in [-0.39, 0.29) is 48.7 Å². The second-order valence-electron chi connectivity index (χ2n) is 15.6. The number of nitrogens with zero attached hydrogens (tertiary/aromatic N) is 3. The van der Waals surface area contributed by atoms with Gasteiger partial charge in [-0.05, 0) is 110 Å². The molecule has 2 N–H and O–H groups in total. The van der Waals surface area contributed by atoms with Crippen molar-refractivity contribution >= 4 is 29.0 Å². The Bertz CT molecular complexity index is 1950. The van der Waals surface area contributed by atoms with Crippen molar-refractivity contribution in [2.45, 2.75) is 74.4 Å². The Kier molecular flexibility index (Phi) is 9.56. The SMILES string of the molecule is C=CC(=O)N1C[C@@H]2CC(F)(F)CN2c2cc(N3CCC4(CC3)C[C@@H](NC(=O)N[C@H](Cc3ccc(F)c(F)c3)C3CCOCC3)c3ccc(F)cc34)ccc21. The highest BCUT2D eigenvalue weighted by Gasteiger charge is 2.50. The van der Waals surface area contributed by atoms with E-state index in [1.165, 1.54) is 29.2 Å². The zero-order valence-electron chi connectivity index (χ0n) is 29.9. The molecule has 4 aliphatic heterocycles. The second-order valence-corrected chi connectivity index (χ2v) is 15.6. The fourth-order valence-corrected chi connectivity index (χ4v) is 9.58. The van der Waals surface area contributed by atoms with Gasteiger partial charge in [0.15, 0.2) is 11.6 Å². The highest BCUT2D eigenvalue weighted by atomic mass is 19.3. The van der Waals surface area contributed by atoms with Gasteiger partial charge in [-0.1, -0.05) is 18.7 Å². The van der Waals surface area contributed by atoms with E-state index in [2.05, 4.69) is 22.1 Å². The zero-order chi connectivity index (χ0) is 37.8. The smallest absolute Gasteiger partial charge is 0.315 e. The van der Waals surface area contributed by atoms with Crippen LogP contribution in [0.15, 0.2) is 67.3 Å². The van der Waals surface area contributed by atoms with Crippen LogP contribution in [0.5, 0.6) is 0 Å². The quantitative estimate of drug-likeness (QED) is 0.198. The molecule has 8 rings (SSSR count). The molecular weight excluding hydrogens is 705 g/mol. The first-order valence-corrected chi connectivity index (χ1v) is 18.8. The van der Waals surface area contributed by atoms with Gasteiger partial charge in [0, 0.05) is 56.4 Å². The van der Waals surface area contributed by atoms with Crippen molar-refractivity contribution in [2.75, 3.05) is 54.1 Å². The third-order valence-corrected chi connectivity index (χ3v) is 12.3. The van der Waals surface area contributed by atoms with Crippen LogP contribution < -0.4 is 25.3 Å². The summed E-state index contributed by atoms with van der Waals surface area (Å²) in [6.45, 7) is 5.71. The van der Waals surface area contributed by atoms with E-state index in [4.69, 9.17) is 4.74 Å². The van der Waals surface area contributed by atoms with Crippen LogP contribution in [0, 0.1) is 23.4 Å². The molecule has 3 atom stereocenters. The minimum Gasteiger partial charge on any atom is -0.381 e. The fourth-order valence-electron chi connectivity index (χ4n) is 9.58. The van der Waals surface area contributed by atoms with Gasteiger partial charge in [-0.3, -0.25) is 4.79 Å². The van der Waals surface area contributed by atoms with Gasteiger partial charge in [-0.25, -0.2) is 26.7 Å². The molecule has 13 heteroatoms. The number of halogens is 5. The number of nitrogens with one attached hydrogen (secondary N) is 2. The van der Waals surface area contributed by atoms with Gasteiger partial charge in [0.2, 0.25) is 0 Å². The predicted octanol–water partition coefficient (Wildman–Crippen LogP) is 7.17. The number of piperidine rings is 1. The summed E-state index contributed by atoms with van der Waals surface area (Å²) >= 11 is 0. The van der Waals surface area contributed by atoms with Crippen molar-refractivity contribution in [3.05, 3.63) is 101 Å². The summed E-state index contributed by atoms with van der Waals surface area (Å²) in [6, 6.07) is 12.6. The summed E-state index contributed by atoms with van der Waals surface area (Å²) in [7, 11) is 0. The molecule has 4 heterocycles. The van der Waals surface area contributed by atoms with Gasteiger partial charge >= 0.3 is 6.03 Å². The molecule has 8 nitrogen and oxygen atoms in total. The Morgan fingerprint density at radius 1 is 0.944 bits per heavy atom. The van der Waals surface area contributed by atoms with Crippen LogP contribution in [0.2, 0.25) is 0 Å². The monoisotopic (exact) mass is 749 g/mol. The number of rotatable bonds is 7. The van der Waals surface area contributed by atoms with Gasteiger partial charge in [0.05, 0.1) is 30.0 Å². The summed E-state index contributed by atoms with van der Waals surface area (Å²) < 4.78 is 77.4. The predicted molar refractivity (Wildman–Crippen MR) is 196 cm³/mol. The number of carbonyl (C=O) groups excluding carboxylic acids is 2. The molecule has 0 bridgehead atoms. The van der Waals surface area contributed by atoms with Crippen LogP contribution in [-0.2, 0) is 21.4 Å². The van der Waals surface area contributed by atoms with Crippen LogP contribution in [0.25, 0.3) is 0 Å². The van der Waals surface area contributed by atoms with Crippen molar-refractivity contribution in [3.8, 4) is 0 Å². The first-order valence-electron chi connectivity index (χ1n) is 18.8. The number of alkyl halides is 2. The van der Waals surface area contributed by atoms with E-state index < -0.39 is 35.6 Å². The lowest BCUT2D eigenvalue weighted by atomic mass is 9.73. The van der Waals surface area contributed by atoms with Crippen molar-refractivity contribution < 1.29 is 36.3 Å². The van der Waals surface area contributed by atoms with E-state index >= 15 is 0 Å². The Morgan fingerprint density at radius 2 is 1.72 bits per heavy atom. The molecule has 5 aliphatic rings. The van der Waals surface area contributed by atoms with Crippen LogP contribution in [-0.4, -0.2) is 69.3 Å². The minimum atomic E-state index is -2.86. The van der Waals surface area contributed by atoms with Gasteiger partial charge in [-0.15, -0.1) is 0 Å². The third kappa shape index (κ3) is 6.91. The second kappa shape index (κ2) is 14.2. The highest BCUT2D eigenvalue weighted by molar-refractivity contribution is 6.04. The molecule has 0 aromatic heterocycles. The number of hydrogen-bond donors (Lipinski definition) is 2. The first-order chi connectivity index (χ1) is 25.9. The summed E-state index contributed by atoms with van der Waals surface area (Å²) in [6.07, 6.45) is 4.58. The number of fused-ring (bicyclic) bond motifs is 5. The van der Waals surface area contributed by atoms with Crippen molar-refractivity contribution in [3.63, 3.8) is 0 Å². The molecule has 0 radical (unpaired) electrons. The fraction of sp³-hybridized carbons (Fsp3) is 0.463. The molecule has 1 aliphatic carbocycles. The molecule has 3 fully saturated rings. The average molecular weight is 750 g/mol. The van der Waals surface area contributed by atoms with E-state index in [1.807, 2.05) is 18.2 Å². The largest absolute Gasteiger partial charge is 0.381 e. The van der Waals surface area contributed by atoms with Gasteiger partial charge < -0.3 is 30.1 Å². The minimum absolute atomic E-state index is 0.0835. The van der Waals surface area contributed by atoms with Gasteiger partial charge in [0.25, 0.3) is 11.8 Å².